The van der Waals surface area contributed by atoms with Crippen LogP contribution in [0.5, 0.6) is 11.6 Å². The van der Waals surface area contributed by atoms with Crippen molar-refractivity contribution in [2.24, 2.45) is 0 Å². The van der Waals surface area contributed by atoms with Crippen molar-refractivity contribution in [1.29, 1.82) is 0 Å². The van der Waals surface area contributed by atoms with Gasteiger partial charge in [0.15, 0.2) is 0 Å². The molecule has 4 nitrogen and oxygen atoms in total. The number of aryl methyl sites for hydroxylation is 1. The van der Waals surface area contributed by atoms with Gasteiger partial charge >= 0.3 is 0 Å². The number of nitrogens with two attached hydrogens (primary N) is 1. The van der Waals surface area contributed by atoms with Crippen LogP contribution in [0.25, 0.3) is 0 Å². The maximum absolute atomic E-state index is 13.8. The number of benzene rings is 1. The molecule has 0 bridgehead atoms. The van der Waals surface area contributed by atoms with Crippen molar-refractivity contribution in [2.45, 2.75) is 13.3 Å². The fourth-order valence-corrected chi connectivity index (χ4v) is 1.35. The van der Waals surface area contributed by atoms with Gasteiger partial charge in [-0.1, -0.05) is 6.92 Å². The highest BCUT2D eigenvalue weighted by molar-refractivity contribution is 5.42. The molecule has 5 heteroatoms. The van der Waals surface area contributed by atoms with Gasteiger partial charge < -0.3 is 10.5 Å². The van der Waals surface area contributed by atoms with Gasteiger partial charge in [0, 0.05) is 5.69 Å². The number of hydrogen-bond donors (Lipinski definition) is 1. The Hall–Kier alpha value is -2.17. The van der Waals surface area contributed by atoms with Crippen molar-refractivity contribution in [3.05, 3.63) is 42.1 Å². The summed E-state index contributed by atoms with van der Waals surface area (Å²) < 4.78 is 19.1. The summed E-state index contributed by atoms with van der Waals surface area (Å²) in [6.45, 7) is 1.82. The van der Waals surface area contributed by atoms with Crippen LogP contribution in [0.2, 0.25) is 0 Å². The zero-order chi connectivity index (χ0) is 12.3. The molecule has 88 valence electrons. The van der Waals surface area contributed by atoms with E-state index >= 15 is 0 Å². The lowest BCUT2D eigenvalue weighted by molar-refractivity contribution is 0.415. The van der Waals surface area contributed by atoms with Crippen LogP contribution in [-0.4, -0.2) is 9.97 Å². The third-order valence-electron chi connectivity index (χ3n) is 2.26. The van der Waals surface area contributed by atoms with Gasteiger partial charge in [0.2, 0.25) is 5.82 Å². The van der Waals surface area contributed by atoms with Crippen molar-refractivity contribution in [3.8, 4) is 11.6 Å². The van der Waals surface area contributed by atoms with E-state index in [2.05, 4.69) is 9.97 Å². The fourth-order valence-electron chi connectivity index (χ4n) is 1.35. The van der Waals surface area contributed by atoms with Crippen molar-refractivity contribution in [3.63, 3.8) is 0 Å². The van der Waals surface area contributed by atoms with E-state index in [1.807, 2.05) is 6.92 Å². The molecule has 0 fully saturated rings. The molecule has 0 saturated carbocycles. The molecular weight excluding hydrogens is 221 g/mol. The summed E-state index contributed by atoms with van der Waals surface area (Å²) in [4.78, 5) is 7.59. The second-order valence-electron chi connectivity index (χ2n) is 3.46. The minimum absolute atomic E-state index is 0.0679. The molecule has 2 rings (SSSR count). The maximum Gasteiger partial charge on any atom is 0.259 e. The molecule has 0 saturated heterocycles. The quantitative estimate of drug-likeness (QED) is 0.827. The lowest BCUT2D eigenvalue weighted by Crippen LogP contribution is -1.99. The van der Waals surface area contributed by atoms with Gasteiger partial charge in [-0.3, -0.25) is 0 Å². The van der Waals surface area contributed by atoms with E-state index in [1.165, 1.54) is 6.33 Å². The van der Waals surface area contributed by atoms with Gasteiger partial charge in [-0.05, 0) is 30.7 Å². The molecule has 1 heterocycles. The summed E-state index contributed by atoms with van der Waals surface area (Å²) in [6, 6.07) is 6.66. The minimum Gasteiger partial charge on any atom is -0.436 e. The average molecular weight is 233 g/mol. The zero-order valence-corrected chi connectivity index (χ0v) is 9.35. The Morgan fingerprint density at radius 3 is 2.59 bits per heavy atom. The Morgan fingerprint density at radius 1 is 1.24 bits per heavy atom. The van der Waals surface area contributed by atoms with Crippen LogP contribution in [0.3, 0.4) is 0 Å². The summed E-state index contributed by atoms with van der Waals surface area (Å²) in [7, 11) is 0. The number of halogens is 1. The lowest BCUT2D eigenvalue weighted by Gasteiger charge is -2.07. The topological polar surface area (TPSA) is 61.0 Å². The van der Waals surface area contributed by atoms with Crippen LogP contribution in [0, 0.1) is 5.82 Å². The predicted octanol–water partition coefficient (Wildman–Crippen LogP) is 2.55. The van der Waals surface area contributed by atoms with Crippen LogP contribution < -0.4 is 10.5 Å². The van der Waals surface area contributed by atoms with E-state index in [0.717, 1.165) is 0 Å². The second-order valence-corrected chi connectivity index (χ2v) is 3.46. The predicted molar refractivity (Wildman–Crippen MR) is 62.3 cm³/mol. The summed E-state index contributed by atoms with van der Waals surface area (Å²) in [6.07, 6.45) is 1.78. The first-order chi connectivity index (χ1) is 8.20. The highest BCUT2D eigenvalue weighted by atomic mass is 19.1. The number of nitrogen functional groups attached to an aromatic ring is 1. The van der Waals surface area contributed by atoms with Crippen LogP contribution >= 0.6 is 0 Å². The molecule has 2 N–H and O–H groups in total. The number of hydrogen-bond acceptors (Lipinski definition) is 4. The van der Waals surface area contributed by atoms with Crippen molar-refractivity contribution in [1.82, 2.24) is 9.97 Å². The first-order valence-electron chi connectivity index (χ1n) is 5.23. The average Bonchev–Trinajstić information content (AvgIpc) is 2.35. The van der Waals surface area contributed by atoms with Gasteiger partial charge in [-0.15, -0.1) is 0 Å². The third kappa shape index (κ3) is 2.50. The van der Waals surface area contributed by atoms with E-state index < -0.39 is 5.82 Å². The Bertz CT molecular complexity index is 514. The molecular formula is C12H12FN3O. The largest absolute Gasteiger partial charge is 0.436 e. The van der Waals surface area contributed by atoms with E-state index in [9.17, 15) is 4.39 Å². The molecule has 1 aromatic carbocycles. The molecule has 0 amide bonds. The van der Waals surface area contributed by atoms with Crippen LogP contribution in [0.1, 0.15) is 12.6 Å². The molecule has 0 aliphatic carbocycles. The van der Waals surface area contributed by atoms with Crippen LogP contribution in [-0.2, 0) is 6.42 Å². The highest BCUT2D eigenvalue weighted by Crippen LogP contribution is 2.23. The molecule has 2 aromatic rings. The van der Waals surface area contributed by atoms with Gasteiger partial charge in [0.25, 0.3) is 5.88 Å². The van der Waals surface area contributed by atoms with Crippen molar-refractivity contribution < 1.29 is 9.13 Å². The Kier molecular flexibility index (Phi) is 3.18. The van der Waals surface area contributed by atoms with Gasteiger partial charge in [-0.25, -0.2) is 4.98 Å². The van der Waals surface area contributed by atoms with Gasteiger partial charge in [0.1, 0.15) is 12.1 Å². The fraction of sp³-hybridized carbons (Fsp3) is 0.167. The third-order valence-corrected chi connectivity index (χ3v) is 2.26. The zero-order valence-electron chi connectivity index (χ0n) is 9.35. The number of nitrogens with zero attached hydrogens (tertiary/aromatic N) is 2. The molecule has 0 aliphatic rings. The molecule has 1 aromatic heterocycles. The van der Waals surface area contributed by atoms with Gasteiger partial charge in [-0.2, -0.15) is 9.37 Å². The van der Waals surface area contributed by atoms with Crippen molar-refractivity contribution >= 4 is 5.69 Å². The summed E-state index contributed by atoms with van der Waals surface area (Å²) in [5.41, 5.74) is 6.50. The maximum atomic E-state index is 13.8. The molecule has 0 spiro atoms. The SMILES string of the molecule is CCc1ncnc(Oc2ccc(N)cc2)c1F. The highest BCUT2D eigenvalue weighted by Gasteiger charge is 2.11. The minimum atomic E-state index is -0.521. The van der Waals surface area contributed by atoms with E-state index in [4.69, 9.17) is 10.5 Å². The Morgan fingerprint density at radius 2 is 1.94 bits per heavy atom. The number of anilines is 1. The first kappa shape index (κ1) is 11.3. The number of ether oxygens (including phenoxy) is 1. The molecule has 0 unspecified atom stereocenters. The normalized spacial score (nSPS) is 10.2. The number of aromatic nitrogens is 2. The summed E-state index contributed by atoms with van der Waals surface area (Å²) in [5, 5.41) is 0. The Balaban J connectivity index is 2.27. The smallest absolute Gasteiger partial charge is 0.259 e. The number of rotatable bonds is 3. The monoisotopic (exact) mass is 233 g/mol. The van der Waals surface area contributed by atoms with Crippen LogP contribution in [0.4, 0.5) is 10.1 Å². The molecule has 0 radical (unpaired) electrons. The van der Waals surface area contributed by atoms with E-state index in [-0.39, 0.29) is 5.88 Å². The molecule has 0 aliphatic heterocycles. The molecule has 0 atom stereocenters. The second kappa shape index (κ2) is 4.78. The van der Waals surface area contributed by atoms with Gasteiger partial charge in [0.05, 0.1) is 5.69 Å². The summed E-state index contributed by atoms with van der Waals surface area (Å²) in [5.74, 6) is -0.104. The van der Waals surface area contributed by atoms with Crippen LogP contribution in [0.15, 0.2) is 30.6 Å². The summed E-state index contributed by atoms with van der Waals surface area (Å²) >= 11 is 0. The van der Waals surface area contributed by atoms with Crippen molar-refractivity contribution in [2.75, 3.05) is 5.73 Å². The molecule has 17 heavy (non-hydrogen) atoms. The standard InChI is InChI=1S/C12H12FN3O/c1-2-10-11(13)12(16-7-15-10)17-9-5-3-8(14)4-6-9/h3-7H,2,14H2,1H3. The Labute approximate surface area is 98.3 Å². The van der Waals surface area contributed by atoms with E-state index in [1.54, 1.807) is 24.3 Å². The van der Waals surface area contributed by atoms with E-state index in [0.29, 0.717) is 23.6 Å². The lowest BCUT2D eigenvalue weighted by atomic mass is 10.3. The first-order valence-corrected chi connectivity index (χ1v) is 5.23.